The summed E-state index contributed by atoms with van der Waals surface area (Å²) in [5, 5.41) is 6.29. The third-order valence-electron chi connectivity index (χ3n) is 2.20. The van der Waals surface area contributed by atoms with Gasteiger partial charge in [0.1, 0.15) is 5.75 Å². The van der Waals surface area contributed by atoms with E-state index in [1.165, 1.54) is 0 Å². The van der Waals surface area contributed by atoms with Gasteiger partial charge in [0.2, 0.25) is 5.88 Å². The maximum atomic E-state index is 11.8. The molecule has 0 fully saturated rings. The highest BCUT2D eigenvalue weighted by Gasteiger charge is 2.09. The molecule has 0 saturated heterocycles. The molecule has 17 heavy (non-hydrogen) atoms. The highest BCUT2D eigenvalue weighted by atomic mass is 16.5. The van der Waals surface area contributed by atoms with Crippen molar-refractivity contribution in [2.75, 3.05) is 12.4 Å². The number of nitrogens with one attached hydrogen (secondary N) is 1. The van der Waals surface area contributed by atoms with Crippen molar-refractivity contribution in [2.45, 2.75) is 6.92 Å². The lowest BCUT2D eigenvalue weighted by Crippen LogP contribution is -2.11. The number of nitrogens with zero attached hydrogens (tertiary/aromatic N) is 1. The molecule has 1 aromatic heterocycles. The smallest absolute Gasteiger partial charge is 0.258 e. The molecule has 0 bridgehead atoms. The van der Waals surface area contributed by atoms with Crippen molar-refractivity contribution in [3.8, 4) is 5.75 Å². The Morgan fingerprint density at radius 3 is 2.88 bits per heavy atom. The minimum atomic E-state index is -0.264. The SMILES string of the molecule is COc1cccc(C(=O)Nc2cc(C)no2)c1. The minimum absolute atomic E-state index is 0.264. The van der Waals surface area contributed by atoms with Crippen molar-refractivity contribution < 1.29 is 14.1 Å². The first-order chi connectivity index (χ1) is 8.19. The predicted molar refractivity (Wildman–Crippen MR) is 62.2 cm³/mol. The molecule has 1 aromatic carbocycles. The molecule has 0 radical (unpaired) electrons. The molecular formula is C12H12N2O3. The van der Waals surface area contributed by atoms with Gasteiger partial charge in [-0.05, 0) is 25.1 Å². The average molecular weight is 232 g/mol. The van der Waals surface area contributed by atoms with Crippen LogP contribution >= 0.6 is 0 Å². The largest absolute Gasteiger partial charge is 0.497 e. The first kappa shape index (κ1) is 11.2. The molecule has 5 nitrogen and oxygen atoms in total. The van der Waals surface area contributed by atoms with Gasteiger partial charge in [0, 0.05) is 11.6 Å². The van der Waals surface area contributed by atoms with Crippen molar-refractivity contribution in [1.82, 2.24) is 5.16 Å². The van der Waals surface area contributed by atoms with E-state index in [2.05, 4.69) is 10.5 Å². The lowest BCUT2D eigenvalue weighted by atomic mass is 10.2. The fourth-order valence-electron chi connectivity index (χ4n) is 1.37. The summed E-state index contributed by atoms with van der Waals surface area (Å²) < 4.78 is 9.94. The number of aryl methyl sites for hydroxylation is 1. The summed E-state index contributed by atoms with van der Waals surface area (Å²) >= 11 is 0. The molecule has 5 heteroatoms. The van der Waals surface area contributed by atoms with Gasteiger partial charge in [0.15, 0.2) is 0 Å². The Balaban J connectivity index is 2.14. The highest BCUT2D eigenvalue weighted by Crippen LogP contribution is 2.15. The second-order valence-electron chi connectivity index (χ2n) is 3.52. The van der Waals surface area contributed by atoms with E-state index in [4.69, 9.17) is 9.26 Å². The Labute approximate surface area is 98.4 Å². The second-order valence-corrected chi connectivity index (χ2v) is 3.52. The number of rotatable bonds is 3. The fourth-order valence-corrected chi connectivity index (χ4v) is 1.37. The van der Waals surface area contributed by atoms with Gasteiger partial charge in [0.25, 0.3) is 5.91 Å². The van der Waals surface area contributed by atoms with Crippen molar-refractivity contribution in [2.24, 2.45) is 0 Å². The monoisotopic (exact) mass is 232 g/mol. The molecular weight excluding hydrogens is 220 g/mol. The van der Waals surface area contributed by atoms with E-state index in [1.807, 2.05) is 0 Å². The lowest BCUT2D eigenvalue weighted by Gasteiger charge is -2.03. The summed E-state index contributed by atoms with van der Waals surface area (Å²) in [5.74, 6) is 0.696. The number of benzene rings is 1. The molecule has 1 amide bonds. The van der Waals surface area contributed by atoms with Crippen molar-refractivity contribution in [1.29, 1.82) is 0 Å². The molecule has 88 valence electrons. The first-order valence-electron chi connectivity index (χ1n) is 5.08. The van der Waals surface area contributed by atoms with Crippen molar-refractivity contribution in [3.63, 3.8) is 0 Å². The van der Waals surface area contributed by atoms with Crippen LogP contribution in [0.25, 0.3) is 0 Å². The molecule has 0 aliphatic rings. The topological polar surface area (TPSA) is 64.4 Å². The van der Waals surface area contributed by atoms with Crippen LogP contribution in [0.4, 0.5) is 5.88 Å². The molecule has 2 aromatic rings. The van der Waals surface area contributed by atoms with E-state index < -0.39 is 0 Å². The first-order valence-corrected chi connectivity index (χ1v) is 5.08. The minimum Gasteiger partial charge on any atom is -0.497 e. The Morgan fingerprint density at radius 2 is 2.24 bits per heavy atom. The van der Waals surface area contributed by atoms with Crippen LogP contribution in [-0.2, 0) is 0 Å². The van der Waals surface area contributed by atoms with Crippen LogP contribution in [0, 0.1) is 6.92 Å². The number of carbonyl (C=O) groups excluding carboxylic acids is 1. The van der Waals surface area contributed by atoms with Crippen molar-refractivity contribution in [3.05, 3.63) is 41.6 Å². The van der Waals surface area contributed by atoms with Gasteiger partial charge < -0.3 is 9.26 Å². The highest BCUT2D eigenvalue weighted by molar-refractivity contribution is 6.03. The maximum Gasteiger partial charge on any atom is 0.258 e. The Morgan fingerprint density at radius 1 is 1.41 bits per heavy atom. The van der Waals surface area contributed by atoms with Gasteiger partial charge in [-0.3, -0.25) is 10.1 Å². The van der Waals surface area contributed by atoms with Gasteiger partial charge in [-0.25, -0.2) is 0 Å². The second kappa shape index (κ2) is 4.69. The Kier molecular flexibility index (Phi) is 3.09. The molecule has 0 atom stereocenters. The molecule has 0 unspecified atom stereocenters. The van der Waals surface area contributed by atoms with Crippen LogP contribution in [-0.4, -0.2) is 18.2 Å². The zero-order valence-corrected chi connectivity index (χ0v) is 9.56. The van der Waals surface area contributed by atoms with Crippen LogP contribution in [0.3, 0.4) is 0 Å². The molecule has 0 spiro atoms. The number of amides is 1. The summed E-state index contributed by atoms with van der Waals surface area (Å²) in [7, 11) is 1.55. The Hall–Kier alpha value is -2.30. The zero-order valence-electron chi connectivity index (χ0n) is 9.56. The number of methoxy groups -OCH3 is 1. The van der Waals surface area contributed by atoms with Gasteiger partial charge in [0.05, 0.1) is 12.8 Å². The number of hydrogen-bond acceptors (Lipinski definition) is 4. The van der Waals surface area contributed by atoms with Crippen LogP contribution in [0.2, 0.25) is 0 Å². The quantitative estimate of drug-likeness (QED) is 0.881. The van der Waals surface area contributed by atoms with E-state index in [-0.39, 0.29) is 5.91 Å². The molecule has 2 rings (SSSR count). The summed E-state index contributed by atoms with van der Waals surface area (Å²) in [6, 6.07) is 8.52. The molecule has 0 aliphatic heterocycles. The van der Waals surface area contributed by atoms with E-state index in [9.17, 15) is 4.79 Å². The molecule has 0 saturated carbocycles. The van der Waals surface area contributed by atoms with Gasteiger partial charge in [-0.1, -0.05) is 11.2 Å². The van der Waals surface area contributed by atoms with Crippen molar-refractivity contribution >= 4 is 11.8 Å². The third kappa shape index (κ3) is 2.63. The fraction of sp³-hybridized carbons (Fsp3) is 0.167. The standard InChI is InChI=1S/C12H12N2O3/c1-8-6-11(17-14-8)13-12(15)9-4-3-5-10(7-9)16-2/h3-7H,1-2H3,(H,13,15). The van der Waals surface area contributed by atoms with Gasteiger partial charge >= 0.3 is 0 Å². The molecule has 1 heterocycles. The summed E-state index contributed by atoms with van der Waals surface area (Å²) in [6.07, 6.45) is 0. The lowest BCUT2D eigenvalue weighted by molar-refractivity contribution is 0.102. The Bertz CT molecular complexity index is 534. The zero-order chi connectivity index (χ0) is 12.3. The molecule has 0 aliphatic carbocycles. The van der Waals surface area contributed by atoms with Crippen LogP contribution in [0.5, 0.6) is 5.75 Å². The van der Waals surface area contributed by atoms with Gasteiger partial charge in [-0.2, -0.15) is 0 Å². The van der Waals surface area contributed by atoms with E-state index in [1.54, 1.807) is 44.4 Å². The van der Waals surface area contributed by atoms with Crippen LogP contribution in [0.15, 0.2) is 34.9 Å². The van der Waals surface area contributed by atoms with E-state index in [0.717, 1.165) is 0 Å². The maximum absolute atomic E-state index is 11.8. The van der Waals surface area contributed by atoms with Gasteiger partial charge in [-0.15, -0.1) is 0 Å². The average Bonchev–Trinajstić information content (AvgIpc) is 2.75. The summed E-state index contributed by atoms with van der Waals surface area (Å²) in [4.78, 5) is 11.8. The van der Waals surface area contributed by atoms with Crippen LogP contribution < -0.4 is 10.1 Å². The third-order valence-corrected chi connectivity index (χ3v) is 2.20. The number of anilines is 1. The molecule has 1 N–H and O–H groups in total. The normalized spacial score (nSPS) is 10.0. The summed E-state index contributed by atoms with van der Waals surface area (Å²) in [6.45, 7) is 1.78. The number of aromatic nitrogens is 1. The number of ether oxygens (including phenoxy) is 1. The van der Waals surface area contributed by atoms with E-state index in [0.29, 0.717) is 22.9 Å². The predicted octanol–water partition coefficient (Wildman–Crippen LogP) is 2.24. The summed E-state index contributed by atoms with van der Waals surface area (Å²) in [5.41, 5.74) is 1.21. The number of carbonyl (C=O) groups is 1. The number of hydrogen-bond donors (Lipinski definition) is 1. The van der Waals surface area contributed by atoms with Crippen LogP contribution in [0.1, 0.15) is 16.1 Å². The van der Waals surface area contributed by atoms with E-state index >= 15 is 0 Å².